The maximum atomic E-state index is 2.92. The molecule has 1 nitrogen and oxygen atoms in total. The Hall–Kier alpha value is -0.980. The minimum atomic E-state index is 1.37. The lowest BCUT2D eigenvalue weighted by molar-refractivity contribution is 0.511. The van der Waals surface area contributed by atoms with Crippen LogP contribution in [-0.2, 0) is 0 Å². The Morgan fingerprint density at radius 3 is 0.558 bits per heavy atom. The number of rotatable bonds is 33. The van der Waals surface area contributed by atoms with Crippen LogP contribution < -0.4 is 5.32 Å². The van der Waals surface area contributed by atoms with Crippen molar-refractivity contribution in [2.24, 2.45) is 0 Å². The number of allylic oxidation sites excluding steroid dienone is 4. The van der Waals surface area contributed by atoms with Crippen LogP contribution in [0, 0.1) is 0 Å². The van der Waals surface area contributed by atoms with E-state index in [-0.39, 0.29) is 0 Å². The van der Waals surface area contributed by atoms with E-state index in [0.717, 1.165) is 0 Å². The Labute approximate surface area is 273 Å². The molecule has 1 aliphatic rings. The topological polar surface area (TPSA) is 12.0 Å². The summed E-state index contributed by atoms with van der Waals surface area (Å²) in [7, 11) is 0. The van der Waals surface area contributed by atoms with Crippen molar-refractivity contribution in [3.63, 3.8) is 0 Å². The van der Waals surface area contributed by atoms with E-state index in [0.29, 0.717) is 0 Å². The minimum absolute atomic E-state index is 1.37. The van der Waals surface area contributed by atoms with E-state index in [2.05, 4.69) is 19.2 Å². The average Bonchev–Trinajstić information content (AvgIpc) is 3.35. The standard InChI is InChI=1S/C36H74.C6H7N/c1-3-5-7-9-11-13-15-17-19-21-23-25-27-29-31-33-35-36-34-32-30-28-26-24-22-20-18-16-14-12-10-8-6-4-2;1-2-4-6-7-5-3-1/h3-36H2,1-2H3;1-7H. The van der Waals surface area contributed by atoms with Gasteiger partial charge in [-0.15, -0.1) is 0 Å². The molecule has 0 atom stereocenters. The highest BCUT2D eigenvalue weighted by Gasteiger charge is 1.97. The van der Waals surface area contributed by atoms with Crippen molar-refractivity contribution in [2.45, 2.75) is 232 Å². The molecule has 1 heterocycles. The molecule has 0 amide bonds. The van der Waals surface area contributed by atoms with Gasteiger partial charge in [-0.25, -0.2) is 0 Å². The molecule has 0 aromatic carbocycles. The van der Waals surface area contributed by atoms with E-state index in [9.17, 15) is 0 Å². The molecule has 0 saturated heterocycles. The minimum Gasteiger partial charge on any atom is -0.368 e. The number of nitrogens with one attached hydrogen (secondary N) is 1. The molecule has 1 N–H and O–H groups in total. The molecule has 0 fully saturated rings. The first-order valence-electron chi connectivity index (χ1n) is 20.2. The van der Waals surface area contributed by atoms with Crippen LogP contribution in [0.4, 0.5) is 0 Å². The largest absolute Gasteiger partial charge is 0.368 e. The molecule has 0 aromatic heterocycles. The van der Waals surface area contributed by atoms with Crippen LogP contribution in [0.3, 0.4) is 0 Å². The molecule has 0 aromatic rings. The summed E-state index contributed by atoms with van der Waals surface area (Å²) in [6, 6.07) is 0. The summed E-state index contributed by atoms with van der Waals surface area (Å²) in [5.74, 6) is 0. The van der Waals surface area contributed by atoms with Crippen LogP contribution in [0.1, 0.15) is 232 Å². The first kappa shape index (κ1) is 42.0. The Bertz CT molecular complexity index is 511. The van der Waals surface area contributed by atoms with Gasteiger partial charge in [0.25, 0.3) is 0 Å². The fraction of sp³-hybridized carbons (Fsp3) is 0.857. The van der Waals surface area contributed by atoms with E-state index in [1.165, 1.54) is 218 Å². The fourth-order valence-corrected chi connectivity index (χ4v) is 6.21. The van der Waals surface area contributed by atoms with Crippen molar-refractivity contribution in [3.8, 4) is 0 Å². The van der Waals surface area contributed by atoms with E-state index >= 15 is 0 Å². The molecular formula is C42H81N. The third-order valence-corrected chi connectivity index (χ3v) is 9.18. The molecule has 0 spiro atoms. The van der Waals surface area contributed by atoms with Crippen molar-refractivity contribution in [1.29, 1.82) is 0 Å². The number of hydrogen-bond donors (Lipinski definition) is 1. The first-order valence-corrected chi connectivity index (χ1v) is 20.2. The van der Waals surface area contributed by atoms with Gasteiger partial charge in [-0.1, -0.05) is 244 Å². The Balaban J connectivity index is 0.00000218. The molecule has 1 heteroatoms. The molecule has 1 rings (SSSR count). The average molecular weight is 600 g/mol. The molecular weight excluding hydrogens is 518 g/mol. The molecule has 0 aliphatic carbocycles. The third kappa shape index (κ3) is 41.0. The SMILES string of the molecule is C1=CC=CNC=C1.CCCCCCCCCCCCCCCCCCCCCCCCCCCCCCCCCCCC. The number of hydrogen-bond acceptors (Lipinski definition) is 1. The van der Waals surface area contributed by atoms with E-state index in [4.69, 9.17) is 0 Å². The molecule has 0 bridgehead atoms. The summed E-state index contributed by atoms with van der Waals surface area (Å²) in [6.07, 6.45) is 62.0. The summed E-state index contributed by atoms with van der Waals surface area (Å²) in [5.41, 5.74) is 0. The first-order chi connectivity index (χ1) is 21.4. The molecule has 43 heavy (non-hydrogen) atoms. The third-order valence-electron chi connectivity index (χ3n) is 9.18. The second-order valence-corrected chi connectivity index (χ2v) is 13.6. The van der Waals surface area contributed by atoms with Crippen LogP contribution >= 0.6 is 0 Å². The van der Waals surface area contributed by atoms with Gasteiger partial charge in [0.15, 0.2) is 0 Å². The van der Waals surface area contributed by atoms with Crippen molar-refractivity contribution < 1.29 is 0 Å². The van der Waals surface area contributed by atoms with Crippen molar-refractivity contribution in [1.82, 2.24) is 5.32 Å². The van der Waals surface area contributed by atoms with Crippen molar-refractivity contribution in [2.75, 3.05) is 0 Å². The van der Waals surface area contributed by atoms with Gasteiger partial charge in [-0.2, -0.15) is 0 Å². The molecule has 0 saturated carbocycles. The second kappa shape index (κ2) is 41.0. The quantitative estimate of drug-likeness (QED) is 0.0740. The smallest absolute Gasteiger partial charge is 0.000442 e. The van der Waals surface area contributed by atoms with Gasteiger partial charge in [-0.3, -0.25) is 0 Å². The zero-order valence-electron chi connectivity index (χ0n) is 30.0. The highest BCUT2D eigenvalue weighted by atomic mass is 14.8. The van der Waals surface area contributed by atoms with Gasteiger partial charge in [0, 0.05) is 12.4 Å². The maximum absolute atomic E-state index is 2.92. The lowest BCUT2D eigenvalue weighted by atomic mass is 10.0. The molecule has 0 unspecified atom stereocenters. The molecule has 1 aliphatic heterocycles. The predicted octanol–water partition coefficient (Wildman–Crippen LogP) is 15.5. The highest BCUT2D eigenvalue weighted by Crippen LogP contribution is 2.17. The zero-order chi connectivity index (χ0) is 31.0. The van der Waals surface area contributed by atoms with E-state index in [1.54, 1.807) is 0 Å². The molecule has 0 radical (unpaired) electrons. The summed E-state index contributed by atoms with van der Waals surface area (Å²) in [5, 5.41) is 2.92. The van der Waals surface area contributed by atoms with Crippen LogP contribution in [0.2, 0.25) is 0 Å². The Morgan fingerprint density at radius 1 is 0.233 bits per heavy atom. The summed E-state index contributed by atoms with van der Waals surface area (Å²) in [6.45, 7) is 4.62. The van der Waals surface area contributed by atoms with Crippen LogP contribution in [0.15, 0.2) is 36.7 Å². The molecule has 254 valence electrons. The Morgan fingerprint density at radius 2 is 0.395 bits per heavy atom. The van der Waals surface area contributed by atoms with E-state index < -0.39 is 0 Å². The lowest BCUT2D eigenvalue weighted by Gasteiger charge is -2.05. The highest BCUT2D eigenvalue weighted by molar-refractivity contribution is 5.14. The van der Waals surface area contributed by atoms with Gasteiger partial charge in [0.05, 0.1) is 0 Å². The van der Waals surface area contributed by atoms with Crippen LogP contribution in [-0.4, -0.2) is 0 Å². The summed E-state index contributed by atoms with van der Waals surface area (Å²) >= 11 is 0. The lowest BCUT2D eigenvalue weighted by Crippen LogP contribution is -1.87. The van der Waals surface area contributed by atoms with E-state index in [1.807, 2.05) is 36.7 Å². The van der Waals surface area contributed by atoms with Crippen molar-refractivity contribution >= 4 is 0 Å². The Kier molecular flexibility index (Phi) is 40.1. The summed E-state index contributed by atoms with van der Waals surface area (Å²) in [4.78, 5) is 0. The maximum Gasteiger partial charge on any atom is 0.000442 e. The normalized spacial score (nSPS) is 12.2. The second-order valence-electron chi connectivity index (χ2n) is 13.6. The van der Waals surface area contributed by atoms with Gasteiger partial charge in [-0.05, 0) is 12.2 Å². The van der Waals surface area contributed by atoms with Gasteiger partial charge in [0.1, 0.15) is 0 Å². The van der Waals surface area contributed by atoms with Crippen LogP contribution in [0.25, 0.3) is 0 Å². The van der Waals surface area contributed by atoms with Crippen molar-refractivity contribution in [3.05, 3.63) is 36.7 Å². The van der Waals surface area contributed by atoms with Gasteiger partial charge >= 0.3 is 0 Å². The monoisotopic (exact) mass is 600 g/mol. The zero-order valence-corrected chi connectivity index (χ0v) is 30.0. The van der Waals surface area contributed by atoms with Gasteiger partial charge in [0.2, 0.25) is 0 Å². The van der Waals surface area contributed by atoms with Gasteiger partial charge < -0.3 is 5.32 Å². The fourth-order valence-electron chi connectivity index (χ4n) is 6.21. The summed E-state index contributed by atoms with van der Waals surface area (Å²) < 4.78 is 0. The predicted molar refractivity (Wildman–Crippen MR) is 199 cm³/mol. The van der Waals surface area contributed by atoms with Crippen LogP contribution in [0.5, 0.6) is 0 Å². The number of unbranched alkanes of at least 4 members (excludes halogenated alkanes) is 33.